The number of rotatable bonds is 11. The maximum Gasteiger partial charge on any atom is 0.341 e. The zero-order valence-corrected chi connectivity index (χ0v) is 19.3. The Kier molecular flexibility index (Phi) is 8.73. The quantitative estimate of drug-likeness (QED) is 0.340. The van der Waals surface area contributed by atoms with Crippen LogP contribution in [0, 0.1) is 0 Å². The van der Waals surface area contributed by atoms with E-state index in [0.717, 1.165) is 5.56 Å². The van der Waals surface area contributed by atoms with Gasteiger partial charge in [-0.25, -0.2) is 4.79 Å². The molecule has 3 aromatic rings. The number of carbonyl (C=O) groups is 2. The predicted molar refractivity (Wildman–Crippen MR) is 130 cm³/mol. The van der Waals surface area contributed by atoms with Crippen molar-refractivity contribution in [2.45, 2.75) is 6.61 Å². The highest BCUT2D eigenvalue weighted by Gasteiger charge is 2.11. The number of benzene rings is 3. The molecule has 0 aliphatic heterocycles. The van der Waals surface area contributed by atoms with E-state index in [-0.39, 0.29) is 18.2 Å². The molecule has 34 heavy (non-hydrogen) atoms. The van der Waals surface area contributed by atoms with Gasteiger partial charge in [-0.1, -0.05) is 41.4 Å². The summed E-state index contributed by atoms with van der Waals surface area (Å²) in [5, 5.41) is 11.9. The first-order valence-electron chi connectivity index (χ1n) is 9.89. The van der Waals surface area contributed by atoms with E-state index in [1.165, 1.54) is 0 Å². The number of aliphatic carboxylic acids is 1. The summed E-state index contributed by atoms with van der Waals surface area (Å²) in [4.78, 5) is 26.8. The summed E-state index contributed by atoms with van der Waals surface area (Å²) in [6.45, 7) is 3.11. The van der Waals surface area contributed by atoms with Crippen LogP contribution in [0.2, 0.25) is 10.0 Å². The molecule has 0 heterocycles. The van der Waals surface area contributed by atoms with Gasteiger partial charge in [0.2, 0.25) is 0 Å². The van der Waals surface area contributed by atoms with E-state index in [0.29, 0.717) is 33.6 Å². The second kappa shape index (κ2) is 11.9. The Morgan fingerprint density at radius 2 is 1.71 bits per heavy atom. The molecule has 0 aliphatic carbocycles. The Bertz CT molecular complexity index is 1180. The van der Waals surface area contributed by atoms with Crippen molar-refractivity contribution in [2.24, 2.45) is 4.99 Å². The molecule has 8 nitrogen and oxygen atoms in total. The van der Waals surface area contributed by atoms with Gasteiger partial charge in [-0.05, 0) is 54.7 Å². The molecule has 0 saturated carbocycles. The molecule has 0 aromatic heterocycles. The fourth-order valence-electron chi connectivity index (χ4n) is 2.76. The third-order valence-electron chi connectivity index (χ3n) is 4.37. The van der Waals surface area contributed by atoms with Gasteiger partial charge in [0.25, 0.3) is 5.91 Å². The van der Waals surface area contributed by atoms with Crippen molar-refractivity contribution >= 4 is 53.2 Å². The lowest BCUT2D eigenvalue weighted by molar-refractivity contribution is -0.139. The van der Waals surface area contributed by atoms with Crippen LogP contribution >= 0.6 is 23.2 Å². The van der Waals surface area contributed by atoms with Gasteiger partial charge in [0.15, 0.2) is 13.2 Å². The fraction of sp³-hybridized carbons (Fsp3) is 0.125. The molecule has 1 amide bonds. The van der Waals surface area contributed by atoms with Crippen molar-refractivity contribution in [3.05, 3.63) is 76.3 Å². The van der Waals surface area contributed by atoms with Crippen LogP contribution in [0.15, 0.2) is 65.7 Å². The Morgan fingerprint density at radius 3 is 2.41 bits per heavy atom. The highest BCUT2D eigenvalue weighted by molar-refractivity contribution is 6.42. The van der Waals surface area contributed by atoms with Gasteiger partial charge in [-0.3, -0.25) is 9.79 Å². The van der Waals surface area contributed by atoms with Crippen LogP contribution in [0.4, 0.5) is 11.4 Å². The van der Waals surface area contributed by atoms with Gasteiger partial charge in [0.05, 0.1) is 5.02 Å². The number of carboxylic acid groups (broad SMARTS) is 1. The summed E-state index contributed by atoms with van der Waals surface area (Å²) in [6.07, 6.45) is 0. The first kappa shape index (κ1) is 24.9. The molecule has 0 saturated heterocycles. The largest absolute Gasteiger partial charge is 0.487 e. The summed E-state index contributed by atoms with van der Waals surface area (Å²) in [5.41, 5.74) is 1.77. The molecule has 0 bridgehead atoms. The average molecular weight is 503 g/mol. The van der Waals surface area contributed by atoms with E-state index in [1.807, 2.05) is 0 Å². The number of carboxylic acids is 1. The Hall–Kier alpha value is -3.75. The summed E-state index contributed by atoms with van der Waals surface area (Å²) >= 11 is 12.0. The fourth-order valence-corrected chi connectivity index (χ4v) is 3.11. The number of amides is 1. The number of hydrogen-bond donors (Lipinski definition) is 2. The molecular weight excluding hydrogens is 483 g/mol. The minimum absolute atomic E-state index is 0.235. The number of ether oxygens (including phenoxy) is 3. The lowest BCUT2D eigenvalue weighted by atomic mass is 10.2. The van der Waals surface area contributed by atoms with Crippen LogP contribution in [0.3, 0.4) is 0 Å². The van der Waals surface area contributed by atoms with Crippen LogP contribution in [0.5, 0.6) is 17.2 Å². The zero-order valence-electron chi connectivity index (χ0n) is 17.8. The van der Waals surface area contributed by atoms with Gasteiger partial charge < -0.3 is 24.6 Å². The maximum absolute atomic E-state index is 12.3. The first-order chi connectivity index (χ1) is 16.4. The van der Waals surface area contributed by atoms with E-state index in [4.69, 9.17) is 42.5 Å². The normalized spacial score (nSPS) is 10.3. The third kappa shape index (κ3) is 7.13. The van der Waals surface area contributed by atoms with Crippen LogP contribution in [0.25, 0.3) is 0 Å². The van der Waals surface area contributed by atoms with Gasteiger partial charge in [0.1, 0.15) is 34.6 Å². The second-order valence-electron chi connectivity index (χ2n) is 6.84. The summed E-state index contributed by atoms with van der Waals surface area (Å²) < 4.78 is 16.3. The molecule has 0 radical (unpaired) electrons. The van der Waals surface area contributed by atoms with E-state index >= 15 is 0 Å². The predicted octanol–water partition coefficient (Wildman–Crippen LogP) is 5.39. The van der Waals surface area contributed by atoms with Gasteiger partial charge in [0, 0.05) is 5.69 Å². The van der Waals surface area contributed by atoms with Crippen molar-refractivity contribution < 1.29 is 28.9 Å². The van der Waals surface area contributed by atoms with E-state index < -0.39 is 18.5 Å². The highest BCUT2D eigenvalue weighted by atomic mass is 35.5. The lowest BCUT2D eigenvalue weighted by Gasteiger charge is -2.12. The van der Waals surface area contributed by atoms with Crippen LogP contribution in [0.1, 0.15) is 5.56 Å². The molecule has 10 heteroatoms. The van der Waals surface area contributed by atoms with Crippen LogP contribution < -0.4 is 19.5 Å². The number of halogens is 2. The summed E-state index contributed by atoms with van der Waals surface area (Å²) in [7, 11) is 0. The number of nitrogens with one attached hydrogen (secondary N) is 1. The maximum atomic E-state index is 12.3. The van der Waals surface area contributed by atoms with Crippen LogP contribution in [-0.2, 0) is 16.2 Å². The number of hydrogen-bond acceptors (Lipinski definition) is 6. The molecule has 0 spiro atoms. The standard InChI is InChI=1S/C24H20Cl2N2O6/c1-27-19-11-16(28-22(29)13-34-21-4-2-3-18(25)24(21)26)7-10-20(19)33-12-15-5-8-17(9-6-15)32-14-23(30)31/h2-11H,1,12-14H2,(H,28,29)(H,30,31). The average Bonchev–Trinajstić information content (AvgIpc) is 2.83. The molecule has 0 unspecified atom stereocenters. The van der Waals surface area contributed by atoms with Crippen molar-refractivity contribution in [2.75, 3.05) is 18.5 Å². The Labute approximate surface area is 205 Å². The van der Waals surface area contributed by atoms with Gasteiger partial charge in [-0.2, -0.15) is 0 Å². The minimum Gasteiger partial charge on any atom is -0.487 e. The Balaban J connectivity index is 1.55. The zero-order chi connectivity index (χ0) is 24.5. The molecule has 3 aromatic carbocycles. The number of anilines is 1. The molecule has 0 aliphatic rings. The van der Waals surface area contributed by atoms with E-state index in [9.17, 15) is 9.59 Å². The smallest absolute Gasteiger partial charge is 0.341 e. The molecule has 0 atom stereocenters. The summed E-state index contributed by atoms with van der Waals surface area (Å²) in [5.74, 6) is -0.218. The number of aliphatic imine (C=N–C) groups is 1. The molecule has 2 N–H and O–H groups in total. The second-order valence-corrected chi connectivity index (χ2v) is 7.63. The van der Waals surface area contributed by atoms with Crippen LogP contribution in [-0.4, -0.2) is 36.9 Å². The molecular formula is C24H20Cl2N2O6. The Morgan fingerprint density at radius 1 is 0.941 bits per heavy atom. The van der Waals surface area contributed by atoms with Crippen molar-refractivity contribution in [3.63, 3.8) is 0 Å². The lowest BCUT2D eigenvalue weighted by Crippen LogP contribution is -2.20. The number of nitrogens with zero attached hydrogens (tertiary/aromatic N) is 1. The molecule has 0 fully saturated rings. The molecule has 176 valence electrons. The van der Waals surface area contributed by atoms with E-state index in [2.05, 4.69) is 17.0 Å². The van der Waals surface area contributed by atoms with Crippen molar-refractivity contribution in [3.8, 4) is 17.2 Å². The third-order valence-corrected chi connectivity index (χ3v) is 5.17. The summed E-state index contributed by atoms with van der Waals surface area (Å²) in [6, 6.07) is 16.7. The topological polar surface area (TPSA) is 106 Å². The van der Waals surface area contributed by atoms with Gasteiger partial charge in [-0.15, -0.1) is 0 Å². The highest BCUT2D eigenvalue weighted by Crippen LogP contribution is 2.32. The van der Waals surface area contributed by atoms with Gasteiger partial charge >= 0.3 is 5.97 Å². The van der Waals surface area contributed by atoms with Crippen molar-refractivity contribution in [1.29, 1.82) is 0 Å². The van der Waals surface area contributed by atoms with E-state index in [1.54, 1.807) is 60.7 Å². The minimum atomic E-state index is -1.05. The first-order valence-corrected chi connectivity index (χ1v) is 10.6. The molecule has 3 rings (SSSR count). The SMILES string of the molecule is C=Nc1cc(NC(=O)COc2cccc(Cl)c2Cl)ccc1OCc1ccc(OCC(=O)O)cc1. The monoisotopic (exact) mass is 502 g/mol. The number of carbonyl (C=O) groups excluding carboxylic acids is 1. The van der Waals surface area contributed by atoms with Crippen molar-refractivity contribution in [1.82, 2.24) is 0 Å².